The Hall–Kier alpha value is -4.12. The van der Waals surface area contributed by atoms with Crippen molar-refractivity contribution in [3.63, 3.8) is 0 Å². The van der Waals surface area contributed by atoms with Gasteiger partial charge in [0.2, 0.25) is 0 Å². The number of hydrogen-bond acceptors (Lipinski definition) is 6. The lowest BCUT2D eigenvalue weighted by molar-refractivity contribution is -0.187. The molecule has 2 N–H and O–H groups in total. The van der Waals surface area contributed by atoms with Crippen molar-refractivity contribution < 1.29 is 24.5 Å². The van der Waals surface area contributed by atoms with E-state index in [-0.39, 0.29) is 23.2 Å². The van der Waals surface area contributed by atoms with Crippen molar-refractivity contribution in [2.45, 2.75) is 61.8 Å². The fourth-order valence-corrected chi connectivity index (χ4v) is 8.11. The molecule has 1 saturated carbocycles. The Balaban J connectivity index is 1.25. The van der Waals surface area contributed by atoms with Crippen LogP contribution in [0.25, 0.3) is 0 Å². The lowest BCUT2D eigenvalue weighted by Crippen LogP contribution is -2.79. The van der Waals surface area contributed by atoms with Gasteiger partial charge in [0.05, 0.1) is 11.5 Å². The minimum atomic E-state index is -1.40. The average molecular weight is 563 g/mol. The monoisotopic (exact) mass is 562 g/mol. The Morgan fingerprint density at radius 3 is 2.71 bits per heavy atom. The number of piperidine rings is 1. The summed E-state index contributed by atoms with van der Waals surface area (Å²) >= 11 is 0. The molecule has 0 aromatic heterocycles. The van der Waals surface area contributed by atoms with Gasteiger partial charge in [0.25, 0.3) is 5.91 Å². The van der Waals surface area contributed by atoms with Gasteiger partial charge in [-0.1, -0.05) is 48.4 Å². The summed E-state index contributed by atoms with van der Waals surface area (Å²) in [4.78, 5) is 31.3. The highest BCUT2D eigenvalue weighted by atomic mass is 16.5. The van der Waals surface area contributed by atoms with Crippen molar-refractivity contribution in [2.75, 3.05) is 20.1 Å². The molecule has 0 radical (unpaired) electrons. The number of ether oxygens (including phenoxy) is 1. The molecular formula is C35H34N2O5. The number of benzene rings is 3. The molecule has 0 unspecified atom stereocenters. The predicted octanol–water partition coefficient (Wildman–Crippen LogP) is 3.62. The quantitative estimate of drug-likeness (QED) is 0.473. The highest BCUT2D eigenvalue weighted by molar-refractivity contribution is 6.06. The smallest absolute Gasteiger partial charge is 0.298 e. The fourth-order valence-electron chi connectivity index (χ4n) is 8.11. The minimum Gasteiger partial charge on any atom is -0.504 e. The zero-order valence-electron chi connectivity index (χ0n) is 23.8. The zero-order valence-corrected chi connectivity index (χ0v) is 23.8. The number of hydrogen-bond donors (Lipinski definition) is 2. The molecule has 4 aliphatic rings. The zero-order chi connectivity index (χ0) is 29.2. The third-order valence-electron chi connectivity index (χ3n) is 10.1. The number of Topliss-reactive ketones (excluding diaryl/α,β-unsaturated/α-hetero) is 1. The number of likely N-dealkylation sites (tertiary alicyclic amines) is 1. The van der Waals surface area contributed by atoms with Gasteiger partial charge in [-0.2, -0.15) is 0 Å². The van der Waals surface area contributed by atoms with Crippen molar-refractivity contribution >= 4 is 11.7 Å². The Morgan fingerprint density at radius 1 is 1.12 bits per heavy atom. The first-order chi connectivity index (χ1) is 20.2. The molecule has 7 rings (SSSR count). The maximum Gasteiger partial charge on any atom is 0.298 e. The summed E-state index contributed by atoms with van der Waals surface area (Å²) in [5.41, 5.74) is 1.79. The number of aryl methyl sites for hydroxylation is 1. The molecule has 2 fully saturated rings. The second-order valence-corrected chi connectivity index (χ2v) is 12.2. The summed E-state index contributed by atoms with van der Waals surface area (Å²) in [6, 6.07) is 19.9. The van der Waals surface area contributed by atoms with Gasteiger partial charge in [-0.05, 0) is 68.0 Å². The SMILES string of the molecule is Cc1cccc(C#CC(=O)N(C)[C@H]2CC[C@@]3(O)[C@H]4C(=O)c5ccc(O)c6c5[C@@]3(CCN4CCc3ccccc3)[C@H]2O6)c1. The van der Waals surface area contributed by atoms with Gasteiger partial charge in [0.15, 0.2) is 17.3 Å². The number of rotatable bonds is 4. The topological polar surface area (TPSA) is 90.3 Å². The molecule has 5 atom stereocenters. The highest BCUT2D eigenvalue weighted by Gasteiger charge is 2.75. The maximum absolute atomic E-state index is 14.1. The van der Waals surface area contributed by atoms with Gasteiger partial charge in [0, 0.05) is 42.7 Å². The number of phenols is 1. The van der Waals surface area contributed by atoms with Crippen LogP contribution in [0.2, 0.25) is 0 Å². The summed E-state index contributed by atoms with van der Waals surface area (Å²) in [6.45, 7) is 3.22. The normalized spacial score (nSPS) is 28.7. The molecule has 1 saturated heterocycles. The van der Waals surface area contributed by atoms with Crippen molar-refractivity contribution in [1.82, 2.24) is 9.80 Å². The first-order valence-corrected chi connectivity index (χ1v) is 14.7. The second kappa shape index (κ2) is 9.72. The maximum atomic E-state index is 14.1. The first kappa shape index (κ1) is 26.8. The number of likely N-dealkylation sites (N-methyl/N-ethyl adjacent to an activating group) is 1. The van der Waals surface area contributed by atoms with E-state index in [0.29, 0.717) is 43.5 Å². The van der Waals surface area contributed by atoms with Gasteiger partial charge in [-0.15, -0.1) is 0 Å². The van der Waals surface area contributed by atoms with E-state index in [0.717, 1.165) is 17.5 Å². The number of ketones is 1. The first-order valence-electron chi connectivity index (χ1n) is 14.7. The molecule has 7 heteroatoms. The van der Waals surface area contributed by atoms with Gasteiger partial charge < -0.3 is 19.8 Å². The second-order valence-electron chi connectivity index (χ2n) is 12.2. The molecule has 2 aliphatic heterocycles. The van der Waals surface area contributed by atoms with Crippen molar-refractivity contribution in [2.24, 2.45) is 0 Å². The molecule has 214 valence electrons. The molecular weight excluding hydrogens is 528 g/mol. The Labute approximate surface area is 245 Å². The number of aromatic hydroxyl groups is 1. The van der Waals surface area contributed by atoms with Crippen molar-refractivity contribution in [3.05, 3.63) is 94.5 Å². The summed E-state index contributed by atoms with van der Waals surface area (Å²) in [5, 5.41) is 23.6. The van der Waals surface area contributed by atoms with Crippen LogP contribution in [0.5, 0.6) is 11.5 Å². The van der Waals surface area contributed by atoms with Crippen LogP contribution >= 0.6 is 0 Å². The van der Waals surface area contributed by atoms with E-state index in [2.05, 4.69) is 28.9 Å². The van der Waals surface area contributed by atoms with Crippen molar-refractivity contribution in [3.8, 4) is 23.3 Å². The Morgan fingerprint density at radius 2 is 1.93 bits per heavy atom. The van der Waals surface area contributed by atoms with Gasteiger partial charge in [-0.3, -0.25) is 14.5 Å². The number of phenolic OH excluding ortho intramolecular Hbond substituents is 1. The molecule has 1 spiro atoms. The molecule has 1 amide bonds. The van der Waals surface area contributed by atoms with Gasteiger partial charge >= 0.3 is 0 Å². The number of aliphatic hydroxyl groups is 1. The van der Waals surface area contributed by atoms with Crippen LogP contribution in [0, 0.1) is 18.8 Å². The molecule has 3 aromatic carbocycles. The van der Waals surface area contributed by atoms with E-state index in [1.54, 1.807) is 18.0 Å². The van der Waals surface area contributed by atoms with Crippen LogP contribution in [0.1, 0.15) is 51.9 Å². The van der Waals surface area contributed by atoms with Crippen LogP contribution in [-0.4, -0.2) is 75.6 Å². The number of carbonyl (C=O) groups is 2. The van der Waals surface area contributed by atoms with E-state index >= 15 is 0 Å². The standard InChI is InChI=1S/C35H34N2O5/c1-22-7-6-10-24(21-22)11-14-28(39)36(2)26-15-17-35(41)32-30(40)25-12-13-27(38)31-29(25)34(35,33(26)42-31)18-20-37(32)19-16-23-8-4-3-5-9-23/h3-10,12-13,21,26,32-33,38,41H,15-20H2,1-2H3/t26-,32+,33-,34-,35+/m0/s1. The molecule has 2 bridgehead atoms. The van der Waals surface area contributed by atoms with E-state index < -0.39 is 29.2 Å². The summed E-state index contributed by atoms with van der Waals surface area (Å²) in [7, 11) is 1.73. The molecule has 2 heterocycles. The fraction of sp³-hybridized carbons (Fsp3) is 0.371. The Bertz CT molecular complexity index is 1660. The third-order valence-corrected chi connectivity index (χ3v) is 10.1. The number of amides is 1. The van der Waals surface area contributed by atoms with Crippen LogP contribution in [-0.2, 0) is 16.6 Å². The van der Waals surface area contributed by atoms with E-state index in [1.165, 1.54) is 11.6 Å². The summed E-state index contributed by atoms with van der Waals surface area (Å²) in [5.74, 6) is 5.52. The molecule has 2 aliphatic carbocycles. The van der Waals surface area contributed by atoms with E-state index in [1.807, 2.05) is 49.4 Å². The van der Waals surface area contributed by atoms with Gasteiger partial charge in [0.1, 0.15) is 17.7 Å². The number of carbonyl (C=O) groups excluding carboxylic acids is 2. The summed E-state index contributed by atoms with van der Waals surface area (Å²) in [6.07, 6.45) is 1.45. The minimum absolute atomic E-state index is 0.0513. The summed E-state index contributed by atoms with van der Waals surface area (Å²) < 4.78 is 6.53. The van der Waals surface area contributed by atoms with Crippen LogP contribution < -0.4 is 4.74 Å². The number of nitrogens with zero attached hydrogens (tertiary/aromatic N) is 2. The van der Waals surface area contributed by atoms with Crippen LogP contribution in [0.4, 0.5) is 0 Å². The van der Waals surface area contributed by atoms with E-state index in [9.17, 15) is 19.8 Å². The highest BCUT2D eigenvalue weighted by Crippen LogP contribution is 2.65. The molecule has 7 nitrogen and oxygen atoms in total. The third kappa shape index (κ3) is 3.75. The van der Waals surface area contributed by atoms with Crippen molar-refractivity contribution in [1.29, 1.82) is 0 Å². The lowest BCUT2D eigenvalue weighted by Gasteiger charge is -2.63. The Kier molecular flexibility index (Phi) is 6.19. The predicted molar refractivity (Wildman–Crippen MR) is 157 cm³/mol. The lowest BCUT2D eigenvalue weighted by atomic mass is 9.48. The van der Waals surface area contributed by atoms with Crippen LogP contribution in [0.15, 0.2) is 66.7 Å². The molecule has 42 heavy (non-hydrogen) atoms. The van der Waals surface area contributed by atoms with E-state index in [4.69, 9.17) is 4.74 Å². The molecule has 3 aromatic rings. The van der Waals surface area contributed by atoms with Crippen LogP contribution in [0.3, 0.4) is 0 Å². The van der Waals surface area contributed by atoms with Gasteiger partial charge in [-0.25, -0.2) is 0 Å². The average Bonchev–Trinajstić information content (AvgIpc) is 3.34. The largest absolute Gasteiger partial charge is 0.504 e.